The summed E-state index contributed by atoms with van der Waals surface area (Å²) in [5.74, 6) is -0.0827. The van der Waals surface area contributed by atoms with Gasteiger partial charge in [0, 0.05) is 18.8 Å². The standard InChI is InChI=1S/C16H20N4O2S/c1-22-15(21)13-7-9-18(10-8-13)12-20-16(23)19(11-17-20)14-5-3-2-4-6-14/h2-6,11,13H,7-10,12H2,1H3. The third-order valence-electron chi connectivity index (χ3n) is 4.22. The molecule has 0 N–H and O–H groups in total. The Morgan fingerprint density at radius 1 is 1.30 bits per heavy atom. The van der Waals surface area contributed by atoms with Crippen molar-refractivity contribution < 1.29 is 9.53 Å². The molecule has 7 heteroatoms. The molecule has 23 heavy (non-hydrogen) atoms. The third kappa shape index (κ3) is 3.51. The fourth-order valence-electron chi connectivity index (χ4n) is 2.87. The minimum Gasteiger partial charge on any atom is -0.469 e. The molecule has 1 aromatic heterocycles. The van der Waals surface area contributed by atoms with Gasteiger partial charge < -0.3 is 4.74 Å². The lowest BCUT2D eigenvalue weighted by Gasteiger charge is -2.30. The van der Waals surface area contributed by atoms with Gasteiger partial charge in [-0.25, -0.2) is 4.68 Å². The summed E-state index contributed by atoms with van der Waals surface area (Å²) >= 11 is 5.52. The quantitative estimate of drug-likeness (QED) is 0.635. The van der Waals surface area contributed by atoms with Crippen molar-refractivity contribution in [3.8, 4) is 5.69 Å². The van der Waals surface area contributed by atoms with Gasteiger partial charge in [0.15, 0.2) is 0 Å². The molecule has 6 nitrogen and oxygen atoms in total. The van der Waals surface area contributed by atoms with Gasteiger partial charge in [0.1, 0.15) is 6.33 Å². The van der Waals surface area contributed by atoms with Gasteiger partial charge >= 0.3 is 5.97 Å². The predicted molar refractivity (Wildman–Crippen MR) is 88.7 cm³/mol. The highest BCUT2D eigenvalue weighted by molar-refractivity contribution is 7.71. The van der Waals surface area contributed by atoms with Crippen LogP contribution in [0.2, 0.25) is 0 Å². The Hall–Kier alpha value is -1.99. The number of methoxy groups -OCH3 is 1. The molecule has 0 aliphatic carbocycles. The van der Waals surface area contributed by atoms with Crippen LogP contribution in [0.5, 0.6) is 0 Å². The molecule has 2 aromatic rings. The Morgan fingerprint density at radius 2 is 2.00 bits per heavy atom. The van der Waals surface area contributed by atoms with E-state index in [4.69, 9.17) is 17.0 Å². The minimum atomic E-state index is -0.102. The number of piperidine rings is 1. The SMILES string of the molecule is COC(=O)C1CCN(Cn2ncn(-c3ccccc3)c2=S)CC1. The molecule has 1 fully saturated rings. The van der Waals surface area contributed by atoms with Crippen LogP contribution in [0, 0.1) is 10.7 Å². The van der Waals surface area contributed by atoms with E-state index in [0.29, 0.717) is 11.4 Å². The van der Waals surface area contributed by atoms with Crippen molar-refractivity contribution in [2.24, 2.45) is 5.92 Å². The first kappa shape index (κ1) is 15.9. The van der Waals surface area contributed by atoms with Crippen molar-refractivity contribution in [3.05, 3.63) is 41.4 Å². The lowest BCUT2D eigenvalue weighted by Crippen LogP contribution is -2.38. The molecule has 122 valence electrons. The molecule has 0 unspecified atom stereocenters. The van der Waals surface area contributed by atoms with E-state index in [2.05, 4.69) is 10.00 Å². The largest absolute Gasteiger partial charge is 0.469 e. The second kappa shape index (κ2) is 7.06. The highest BCUT2D eigenvalue weighted by Crippen LogP contribution is 2.19. The number of hydrogen-bond acceptors (Lipinski definition) is 5. The zero-order valence-electron chi connectivity index (χ0n) is 13.1. The summed E-state index contributed by atoms with van der Waals surface area (Å²) in [4.78, 5) is 13.8. The van der Waals surface area contributed by atoms with Crippen LogP contribution >= 0.6 is 12.2 Å². The number of benzene rings is 1. The van der Waals surface area contributed by atoms with Gasteiger partial charge in [-0.2, -0.15) is 5.10 Å². The molecule has 0 radical (unpaired) electrons. The van der Waals surface area contributed by atoms with E-state index in [-0.39, 0.29) is 11.9 Å². The molecule has 1 saturated heterocycles. The number of esters is 1. The maximum Gasteiger partial charge on any atom is 0.308 e. The Bertz CT molecular complexity index is 717. The van der Waals surface area contributed by atoms with Crippen molar-refractivity contribution in [1.29, 1.82) is 0 Å². The number of nitrogens with zero attached hydrogens (tertiary/aromatic N) is 4. The number of ether oxygens (including phenoxy) is 1. The van der Waals surface area contributed by atoms with Gasteiger partial charge in [0.05, 0.1) is 19.7 Å². The number of aromatic nitrogens is 3. The first-order valence-electron chi connectivity index (χ1n) is 7.69. The summed E-state index contributed by atoms with van der Waals surface area (Å²) in [5.41, 5.74) is 1.01. The van der Waals surface area contributed by atoms with Crippen molar-refractivity contribution >= 4 is 18.2 Å². The molecule has 0 atom stereocenters. The summed E-state index contributed by atoms with van der Waals surface area (Å²) in [5, 5.41) is 4.40. The van der Waals surface area contributed by atoms with Crippen molar-refractivity contribution in [1.82, 2.24) is 19.2 Å². The van der Waals surface area contributed by atoms with Gasteiger partial charge in [0.25, 0.3) is 0 Å². The average molecular weight is 332 g/mol. The molecule has 0 saturated carbocycles. The Morgan fingerprint density at radius 3 is 2.65 bits per heavy atom. The summed E-state index contributed by atoms with van der Waals surface area (Å²) in [6.07, 6.45) is 3.39. The first-order valence-corrected chi connectivity index (χ1v) is 8.10. The van der Waals surface area contributed by atoms with Crippen molar-refractivity contribution in [3.63, 3.8) is 0 Å². The molecule has 2 heterocycles. The second-order valence-corrected chi connectivity index (χ2v) is 6.04. The molecular formula is C16H20N4O2S. The van der Waals surface area contributed by atoms with Crippen molar-refractivity contribution in [2.45, 2.75) is 19.5 Å². The van der Waals surface area contributed by atoms with Crippen LogP contribution in [-0.4, -0.2) is 45.4 Å². The molecule has 1 aliphatic heterocycles. The van der Waals surface area contributed by atoms with Gasteiger partial charge in [-0.3, -0.25) is 14.3 Å². The number of rotatable bonds is 4. The molecule has 0 bridgehead atoms. The van der Waals surface area contributed by atoms with Gasteiger partial charge in [0.2, 0.25) is 4.77 Å². The summed E-state index contributed by atoms with van der Waals surface area (Å²) in [6.45, 7) is 2.34. The number of carbonyl (C=O) groups is 1. The molecular weight excluding hydrogens is 312 g/mol. The monoisotopic (exact) mass is 332 g/mol. The normalized spacial score (nSPS) is 16.4. The molecule has 0 amide bonds. The van der Waals surface area contributed by atoms with E-state index in [1.54, 1.807) is 6.33 Å². The second-order valence-electron chi connectivity index (χ2n) is 5.68. The van der Waals surface area contributed by atoms with Gasteiger partial charge in [-0.15, -0.1) is 0 Å². The van der Waals surface area contributed by atoms with Crippen LogP contribution in [0.3, 0.4) is 0 Å². The van der Waals surface area contributed by atoms with Crippen LogP contribution in [0.25, 0.3) is 5.69 Å². The highest BCUT2D eigenvalue weighted by Gasteiger charge is 2.25. The van der Waals surface area contributed by atoms with E-state index in [9.17, 15) is 4.79 Å². The summed E-state index contributed by atoms with van der Waals surface area (Å²) < 4.78 is 9.21. The van der Waals surface area contributed by atoms with E-state index < -0.39 is 0 Å². The van der Waals surface area contributed by atoms with Gasteiger partial charge in [-0.1, -0.05) is 18.2 Å². The maximum absolute atomic E-state index is 11.6. The van der Waals surface area contributed by atoms with Crippen LogP contribution in [0.4, 0.5) is 0 Å². The molecule has 3 rings (SSSR count). The zero-order chi connectivity index (χ0) is 16.2. The topological polar surface area (TPSA) is 52.3 Å². The fourth-order valence-corrected chi connectivity index (χ4v) is 3.12. The highest BCUT2D eigenvalue weighted by atomic mass is 32.1. The Kier molecular flexibility index (Phi) is 4.88. The number of para-hydroxylation sites is 1. The zero-order valence-corrected chi connectivity index (χ0v) is 13.9. The predicted octanol–water partition coefficient (Wildman–Crippen LogP) is 2.25. The van der Waals surface area contributed by atoms with E-state index in [1.165, 1.54) is 7.11 Å². The lowest BCUT2D eigenvalue weighted by molar-refractivity contribution is -0.147. The lowest BCUT2D eigenvalue weighted by atomic mass is 9.97. The van der Waals surface area contributed by atoms with Crippen LogP contribution in [0.1, 0.15) is 12.8 Å². The Balaban J connectivity index is 1.65. The number of likely N-dealkylation sites (tertiary alicyclic amines) is 1. The van der Waals surface area contributed by atoms with Crippen molar-refractivity contribution in [2.75, 3.05) is 20.2 Å². The molecule has 0 spiro atoms. The van der Waals surface area contributed by atoms with E-state index >= 15 is 0 Å². The first-order chi connectivity index (χ1) is 11.2. The number of carbonyl (C=O) groups excluding carboxylic acids is 1. The summed E-state index contributed by atoms with van der Waals surface area (Å²) in [6, 6.07) is 9.94. The van der Waals surface area contributed by atoms with E-state index in [1.807, 2.05) is 39.6 Å². The smallest absolute Gasteiger partial charge is 0.308 e. The molecule has 1 aliphatic rings. The summed E-state index contributed by atoms with van der Waals surface area (Å²) in [7, 11) is 1.45. The fraction of sp³-hybridized carbons (Fsp3) is 0.438. The third-order valence-corrected chi connectivity index (χ3v) is 4.63. The Labute approximate surface area is 140 Å². The average Bonchev–Trinajstić information content (AvgIpc) is 2.96. The number of hydrogen-bond donors (Lipinski definition) is 0. The van der Waals surface area contributed by atoms with E-state index in [0.717, 1.165) is 31.6 Å². The molecule has 1 aromatic carbocycles. The maximum atomic E-state index is 11.6. The van der Waals surface area contributed by atoms with Gasteiger partial charge in [-0.05, 0) is 37.2 Å². The van der Waals surface area contributed by atoms with Crippen LogP contribution < -0.4 is 0 Å². The van der Waals surface area contributed by atoms with Crippen LogP contribution in [-0.2, 0) is 16.2 Å². The van der Waals surface area contributed by atoms with Crippen LogP contribution in [0.15, 0.2) is 36.7 Å². The minimum absolute atomic E-state index is 0.0195.